The minimum Gasteiger partial charge on any atom is -0.494 e. The number of benzene rings is 1. The summed E-state index contributed by atoms with van der Waals surface area (Å²) in [6.45, 7) is 0.627. The fourth-order valence-corrected chi connectivity index (χ4v) is 1.69. The summed E-state index contributed by atoms with van der Waals surface area (Å²) in [6.07, 6.45) is 2.92. The van der Waals surface area contributed by atoms with Crippen LogP contribution in [0.5, 0.6) is 5.75 Å². The molecule has 0 aliphatic rings. The molecule has 2 aromatic rings. The first kappa shape index (κ1) is 11.7. The van der Waals surface area contributed by atoms with Gasteiger partial charge in [-0.3, -0.25) is 0 Å². The Hall–Kier alpha value is -1.74. The molecule has 0 saturated heterocycles. The highest BCUT2D eigenvalue weighted by Gasteiger charge is 2.07. The third kappa shape index (κ3) is 3.64. The number of para-hydroxylation sites is 1. The lowest BCUT2D eigenvalue weighted by atomic mass is 10.1. The summed E-state index contributed by atoms with van der Waals surface area (Å²) in [4.78, 5) is 3.00. The molecule has 1 heterocycles. The van der Waals surface area contributed by atoms with E-state index in [9.17, 15) is 5.11 Å². The average molecular weight is 231 g/mol. The average Bonchev–Trinajstić information content (AvgIpc) is 2.89. The van der Waals surface area contributed by atoms with E-state index in [0.717, 1.165) is 17.9 Å². The summed E-state index contributed by atoms with van der Waals surface area (Å²) in [6, 6.07) is 13.5. The molecule has 1 aromatic heterocycles. The standard InChI is InChI=1S/C14H17NO2/c16-14(13-8-4-10-15-13)9-5-11-17-12-6-2-1-3-7-12/h1-4,6-8,10,14-16H,5,9,11H2. The fraction of sp³-hybridized carbons (Fsp3) is 0.286. The van der Waals surface area contributed by atoms with Crippen molar-refractivity contribution in [1.82, 2.24) is 4.98 Å². The molecular formula is C14H17NO2. The number of aromatic amines is 1. The van der Waals surface area contributed by atoms with E-state index in [1.54, 1.807) is 0 Å². The van der Waals surface area contributed by atoms with Crippen LogP contribution in [0.15, 0.2) is 48.7 Å². The lowest BCUT2D eigenvalue weighted by Crippen LogP contribution is -2.02. The lowest BCUT2D eigenvalue weighted by molar-refractivity contribution is 0.151. The molecule has 0 aliphatic heterocycles. The topological polar surface area (TPSA) is 45.2 Å². The second-order valence-electron chi connectivity index (χ2n) is 3.95. The van der Waals surface area contributed by atoms with Gasteiger partial charge in [-0.05, 0) is 37.1 Å². The summed E-state index contributed by atoms with van der Waals surface area (Å²) in [7, 11) is 0. The van der Waals surface area contributed by atoms with Crippen LogP contribution in [0, 0.1) is 0 Å². The second-order valence-corrected chi connectivity index (χ2v) is 3.95. The van der Waals surface area contributed by atoms with Gasteiger partial charge in [0, 0.05) is 11.9 Å². The zero-order valence-electron chi connectivity index (χ0n) is 9.67. The van der Waals surface area contributed by atoms with Gasteiger partial charge in [-0.2, -0.15) is 0 Å². The van der Waals surface area contributed by atoms with E-state index in [-0.39, 0.29) is 0 Å². The highest BCUT2D eigenvalue weighted by molar-refractivity contribution is 5.20. The number of aliphatic hydroxyl groups is 1. The number of ether oxygens (including phenoxy) is 1. The van der Waals surface area contributed by atoms with Crippen molar-refractivity contribution in [2.45, 2.75) is 18.9 Å². The van der Waals surface area contributed by atoms with E-state index < -0.39 is 6.10 Å². The minimum atomic E-state index is -0.427. The molecule has 0 fully saturated rings. The number of aliphatic hydroxyl groups excluding tert-OH is 1. The molecule has 2 rings (SSSR count). The predicted octanol–water partition coefficient (Wildman–Crippen LogP) is 2.91. The highest BCUT2D eigenvalue weighted by Crippen LogP contribution is 2.16. The maximum absolute atomic E-state index is 9.82. The number of H-pyrrole nitrogens is 1. The molecule has 3 heteroatoms. The number of nitrogens with one attached hydrogen (secondary N) is 1. The van der Waals surface area contributed by atoms with Crippen molar-refractivity contribution in [3.8, 4) is 5.75 Å². The minimum absolute atomic E-state index is 0.427. The van der Waals surface area contributed by atoms with Crippen molar-refractivity contribution in [2.75, 3.05) is 6.61 Å². The van der Waals surface area contributed by atoms with Crippen LogP contribution in [-0.4, -0.2) is 16.7 Å². The molecule has 90 valence electrons. The molecule has 0 aliphatic carbocycles. The van der Waals surface area contributed by atoms with Gasteiger partial charge < -0.3 is 14.8 Å². The third-order valence-corrected chi connectivity index (χ3v) is 2.61. The predicted molar refractivity (Wildman–Crippen MR) is 66.9 cm³/mol. The fourth-order valence-electron chi connectivity index (χ4n) is 1.69. The first-order valence-corrected chi connectivity index (χ1v) is 5.85. The van der Waals surface area contributed by atoms with Crippen molar-refractivity contribution < 1.29 is 9.84 Å². The van der Waals surface area contributed by atoms with E-state index in [2.05, 4.69) is 4.98 Å². The van der Waals surface area contributed by atoms with Crippen LogP contribution in [0.4, 0.5) is 0 Å². The molecule has 1 aromatic carbocycles. The van der Waals surface area contributed by atoms with Crippen LogP contribution in [0.3, 0.4) is 0 Å². The van der Waals surface area contributed by atoms with Gasteiger partial charge in [-0.1, -0.05) is 18.2 Å². The van der Waals surface area contributed by atoms with Crippen LogP contribution >= 0.6 is 0 Å². The quantitative estimate of drug-likeness (QED) is 0.751. The highest BCUT2D eigenvalue weighted by atomic mass is 16.5. The molecule has 2 N–H and O–H groups in total. The van der Waals surface area contributed by atoms with E-state index >= 15 is 0 Å². The Labute approximate surface area is 101 Å². The molecule has 0 saturated carbocycles. The van der Waals surface area contributed by atoms with Crippen molar-refractivity contribution in [3.63, 3.8) is 0 Å². The van der Waals surface area contributed by atoms with Gasteiger partial charge in [0.25, 0.3) is 0 Å². The zero-order valence-corrected chi connectivity index (χ0v) is 9.67. The van der Waals surface area contributed by atoms with E-state index in [1.165, 1.54) is 0 Å². The van der Waals surface area contributed by atoms with Crippen LogP contribution in [0.1, 0.15) is 24.6 Å². The molecule has 3 nitrogen and oxygen atoms in total. The van der Waals surface area contributed by atoms with Crippen molar-refractivity contribution >= 4 is 0 Å². The molecule has 0 amide bonds. The maximum atomic E-state index is 9.82. The van der Waals surface area contributed by atoms with Gasteiger partial charge in [-0.25, -0.2) is 0 Å². The van der Waals surface area contributed by atoms with Crippen molar-refractivity contribution in [3.05, 3.63) is 54.4 Å². The SMILES string of the molecule is OC(CCCOc1ccccc1)c1ccc[nH]1. The number of rotatable bonds is 6. The van der Waals surface area contributed by atoms with Crippen LogP contribution in [0.25, 0.3) is 0 Å². The number of hydrogen-bond acceptors (Lipinski definition) is 2. The van der Waals surface area contributed by atoms with Crippen LogP contribution < -0.4 is 4.74 Å². The van der Waals surface area contributed by atoms with Gasteiger partial charge in [0.2, 0.25) is 0 Å². The Morgan fingerprint density at radius 1 is 1.12 bits per heavy atom. The Balaban J connectivity index is 1.67. The van der Waals surface area contributed by atoms with E-state index in [4.69, 9.17) is 4.74 Å². The molecule has 0 radical (unpaired) electrons. The Kier molecular flexibility index (Phi) is 4.22. The van der Waals surface area contributed by atoms with Crippen LogP contribution in [-0.2, 0) is 0 Å². The molecule has 1 atom stereocenters. The summed E-state index contributed by atoms with van der Waals surface area (Å²) >= 11 is 0. The maximum Gasteiger partial charge on any atom is 0.119 e. The van der Waals surface area contributed by atoms with Crippen molar-refractivity contribution in [2.24, 2.45) is 0 Å². The first-order chi connectivity index (χ1) is 8.36. The largest absolute Gasteiger partial charge is 0.494 e. The van der Waals surface area contributed by atoms with Gasteiger partial charge >= 0.3 is 0 Å². The van der Waals surface area contributed by atoms with Crippen molar-refractivity contribution in [1.29, 1.82) is 0 Å². The number of hydrogen-bond donors (Lipinski definition) is 2. The molecular weight excluding hydrogens is 214 g/mol. The Morgan fingerprint density at radius 2 is 1.94 bits per heavy atom. The Bertz CT molecular complexity index is 411. The van der Waals surface area contributed by atoms with Gasteiger partial charge in [-0.15, -0.1) is 0 Å². The number of aromatic nitrogens is 1. The normalized spacial score (nSPS) is 12.3. The monoisotopic (exact) mass is 231 g/mol. The van der Waals surface area contributed by atoms with Crippen LogP contribution in [0.2, 0.25) is 0 Å². The first-order valence-electron chi connectivity index (χ1n) is 5.85. The summed E-state index contributed by atoms with van der Waals surface area (Å²) in [5.41, 5.74) is 0.865. The smallest absolute Gasteiger partial charge is 0.119 e. The molecule has 17 heavy (non-hydrogen) atoms. The van der Waals surface area contributed by atoms with Gasteiger partial charge in [0.15, 0.2) is 0 Å². The summed E-state index contributed by atoms with van der Waals surface area (Å²) in [5, 5.41) is 9.82. The summed E-state index contributed by atoms with van der Waals surface area (Å²) < 4.78 is 5.55. The lowest BCUT2D eigenvalue weighted by Gasteiger charge is -2.09. The molecule has 0 bridgehead atoms. The van der Waals surface area contributed by atoms with Gasteiger partial charge in [0.1, 0.15) is 5.75 Å². The molecule has 0 spiro atoms. The third-order valence-electron chi connectivity index (χ3n) is 2.61. The summed E-state index contributed by atoms with van der Waals surface area (Å²) in [5.74, 6) is 0.877. The van der Waals surface area contributed by atoms with E-state index in [1.807, 2.05) is 48.7 Å². The molecule has 1 unspecified atom stereocenters. The zero-order chi connectivity index (χ0) is 11.9. The van der Waals surface area contributed by atoms with Gasteiger partial charge in [0.05, 0.1) is 12.7 Å². The van der Waals surface area contributed by atoms with E-state index in [0.29, 0.717) is 13.0 Å². The second kappa shape index (κ2) is 6.11. The Morgan fingerprint density at radius 3 is 2.65 bits per heavy atom.